The standard InChI is InChI=1S/C24H30ClN3O2/c1-30-22-10-6-19(7-11-22)23-3-2-14-28(23)24(29)26-21-12-15-27(16-13-21)17-18-4-8-20(25)9-5-18/h4-11,21,23H,2-3,12-17H2,1H3,(H,26,29). The van der Waals surface area contributed by atoms with E-state index in [9.17, 15) is 4.79 Å². The number of hydrogen-bond donors (Lipinski definition) is 1. The predicted molar refractivity (Wildman–Crippen MR) is 120 cm³/mol. The van der Waals surface area contributed by atoms with Crippen LogP contribution in [0.2, 0.25) is 5.02 Å². The van der Waals surface area contributed by atoms with Gasteiger partial charge in [0.15, 0.2) is 0 Å². The molecule has 0 saturated carbocycles. The average Bonchev–Trinajstić information content (AvgIpc) is 3.27. The van der Waals surface area contributed by atoms with Crippen LogP contribution in [0.3, 0.4) is 0 Å². The number of halogens is 1. The number of amides is 2. The number of benzene rings is 2. The molecule has 0 spiro atoms. The van der Waals surface area contributed by atoms with Crippen LogP contribution in [-0.2, 0) is 6.54 Å². The lowest BCUT2D eigenvalue weighted by Gasteiger charge is -2.34. The van der Waals surface area contributed by atoms with Crippen LogP contribution in [0, 0.1) is 0 Å². The number of carbonyl (C=O) groups excluding carboxylic acids is 1. The molecule has 2 heterocycles. The van der Waals surface area contributed by atoms with Gasteiger partial charge in [-0.05, 0) is 61.1 Å². The van der Waals surface area contributed by atoms with Crippen molar-refractivity contribution in [3.8, 4) is 5.75 Å². The number of likely N-dealkylation sites (tertiary alicyclic amines) is 2. The monoisotopic (exact) mass is 427 g/mol. The SMILES string of the molecule is COc1ccc(C2CCCN2C(=O)NC2CCN(Cc3ccc(Cl)cc3)CC2)cc1. The summed E-state index contributed by atoms with van der Waals surface area (Å²) < 4.78 is 5.26. The normalized spacial score (nSPS) is 20.3. The fourth-order valence-corrected chi connectivity index (χ4v) is 4.65. The molecule has 6 heteroatoms. The van der Waals surface area contributed by atoms with E-state index in [1.165, 1.54) is 11.1 Å². The van der Waals surface area contributed by atoms with Gasteiger partial charge >= 0.3 is 6.03 Å². The van der Waals surface area contributed by atoms with E-state index >= 15 is 0 Å². The maximum Gasteiger partial charge on any atom is 0.318 e. The van der Waals surface area contributed by atoms with Crippen LogP contribution in [0.25, 0.3) is 0 Å². The Morgan fingerprint density at radius 1 is 1.03 bits per heavy atom. The molecule has 2 aromatic rings. The lowest BCUT2D eigenvalue weighted by Crippen LogP contribution is -2.48. The molecule has 30 heavy (non-hydrogen) atoms. The zero-order valence-corrected chi connectivity index (χ0v) is 18.3. The van der Waals surface area contributed by atoms with Crippen LogP contribution < -0.4 is 10.1 Å². The van der Waals surface area contributed by atoms with E-state index in [-0.39, 0.29) is 18.1 Å². The summed E-state index contributed by atoms with van der Waals surface area (Å²) in [6.07, 6.45) is 4.03. The second kappa shape index (κ2) is 9.71. The molecular weight excluding hydrogens is 398 g/mol. The summed E-state index contributed by atoms with van der Waals surface area (Å²) in [5.74, 6) is 0.845. The molecule has 1 unspecified atom stereocenters. The van der Waals surface area contributed by atoms with E-state index in [0.29, 0.717) is 0 Å². The topological polar surface area (TPSA) is 44.8 Å². The second-order valence-corrected chi connectivity index (χ2v) is 8.69. The smallest absolute Gasteiger partial charge is 0.318 e. The molecule has 0 bridgehead atoms. The van der Waals surface area contributed by atoms with Gasteiger partial charge in [-0.25, -0.2) is 4.79 Å². The maximum absolute atomic E-state index is 13.0. The number of nitrogens with zero attached hydrogens (tertiary/aromatic N) is 2. The highest BCUT2D eigenvalue weighted by Gasteiger charge is 2.31. The van der Waals surface area contributed by atoms with Crippen molar-refractivity contribution < 1.29 is 9.53 Å². The van der Waals surface area contributed by atoms with Gasteiger partial charge in [-0.1, -0.05) is 35.9 Å². The van der Waals surface area contributed by atoms with E-state index in [0.717, 1.165) is 62.6 Å². The zero-order chi connectivity index (χ0) is 20.9. The number of ether oxygens (including phenoxy) is 1. The van der Waals surface area contributed by atoms with Crippen LogP contribution in [0.5, 0.6) is 5.75 Å². The number of rotatable bonds is 5. The third-order valence-corrected chi connectivity index (χ3v) is 6.50. The van der Waals surface area contributed by atoms with Crippen molar-refractivity contribution in [2.24, 2.45) is 0 Å². The van der Waals surface area contributed by atoms with E-state index < -0.39 is 0 Å². The molecule has 1 atom stereocenters. The Morgan fingerprint density at radius 3 is 2.40 bits per heavy atom. The lowest BCUT2D eigenvalue weighted by molar-refractivity contribution is 0.166. The Morgan fingerprint density at radius 2 is 1.73 bits per heavy atom. The van der Waals surface area contributed by atoms with Gasteiger partial charge in [-0.15, -0.1) is 0 Å². The summed E-state index contributed by atoms with van der Waals surface area (Å²) in [4.78, 5) is 17.4. The third kappa shape index (κ3) is 5.08. The summed E-state index contributed by atoms with van der Waals surface area (Å²) in [5, 5.41) is 4.07. The minimum absolute atomic E-state index is 0.0736. The van der Waals surface area contributed by atoms with Crippen LogP contribution in [0.4, 0.5) is 4.79 Å². The highest BCUT2D eigenvalue weighted by molar-refractivity contribution is 6.30. The molecular formula is C24H30ClN3O2. The first-order valence-corrected chi connectivity index (χ1v) is 11.2. The fourth-order valence-electron chi connectivity index (χ4n) is 4.52. The molecule has 1 N–H and O–H groups in total. The Hall–Kier alpha value is -2.24. The molecule has 4 rings (SSSR count). The Labute approximate surface area is 184 Å². The van der Waals surface area contributed by atoms with Gasteiger partial charge in [0.1, 0.15) is 5.75 Å². The van der Waals surface area contributed by atoms with Gasteiger partial charge in [0.05, 0.1) is 13.2 Å². The van der Waals surface area contributed by atoms with Gasteiger partial charge < -0.3 is 15.0 Å². The van der Waals surface area contributed by atoms with E-state index in [1.807, 2.05) is 29.2 Å². The lowest BCUT2D eigenvalue weighted by atomic mass is 10.0. The first-order valence-electron chi connectivity index (χ1n) is 10.8. The van der Waals surface area contributed by atoms with Crippen LogP contribution in [0.15, 0.2) is 48.5 Å². The van der Waals surface area contributed by atoms with Gasteiger partial charge in [0, 0.05) is 37.2 Å². The van der Waals surface area contributed by atoms with Crippen molar-refractivity contribution in [1.29, 1.82) is 0 Å². The molecule has 0 aliphatic carbocycles. The van der Waals surface area contributed by atoms with Crippen LogP contribution >= 0.6 is 11.6 Å². The first-order chi connectivity index (χ1) is 14.6. The number of methoxy groups -OCH3 is 1. The zero-order valence-electron chi connectivity index (χ0n) is 17.5. The molecule has 0 radical (unpaired) electrons. The summed E-state index contributed by atoms with van der Waals surface area (Å²) in [6, 6.07) is 16.6. The van der Waals surface area contributed by atoms with Gasteiger partial charge in [0.25, 0.3) is 0 Å². The van der Waals surface area contributed by atoms with Gasteiger partial charge in [-0.2, -0.15) is 0 Å². The fraction of sp³-hybridized carbons (Fsp3) is 0.458. The Balaban J connectivity index is 1.28. The third-order valence-electron chi connectivity index (χ3n) is 6.25. The average molecular weight is 428 g/mol. The van der Waals surface area contributed by atoms with Crippen molar-refractivity contribution >= 4 is 17.6 Å². The van der Waals surface area contributed by atoms with Gasteiger partial charge in [-0.3, -0.25) is 4.90 Å². The maximum atomic E-state index is 13.0. The number of hydrogen-bond acceptors (Lipinski definition) is 3. The molecule has 0 aromatic heterocycles. The first kappa shape index (κ1) is 21.0. The molecule has 2 aromatic carbocycles. The van der Waals surface area contributed by atoms with Gasteiger partial charge in [0.2, 0.25) is 0 Å². The number of urea groups is 1. The quantitative estimate of drug-likeness (QED) is 0.741. The van der Waals surface area contributed by atoms with Crippen molar-refractivity contribution in [2.75, 3.05) is 26.7 Å². The molecule has 2 fully saturated rings. The van der Waals surface area contributed by atoms with Crippen molar-refractivity contribution in [3.05, 3.63) is 64.7 Å². The highest BCUT2D eigenvalue weighted by Crippen LogP contribution is 2.33. The Bertz CT molecular complexity index is 833. The number of piperidine rings is 1. The minimum atomic E-state index is 0.0736. The van der Waals surface area contributed by atoms with E-state index in [2.05, 4.69) is 34.5 Å². The van der Waals surface area contributed by atoms with E-state index in [1.54, 1.807) is 7.11 Å². The molecule has 2 saturated heterocycles. The van der Waals surface area contributed by atoms with E-state index in [4.69, 9.17) is 16.3 Å². The molecule has 5 nitrogen and oxygen atoms in total. The highest BCUT2D eigenvalue weighted by atomic mass is 35.5. The summed E-state index contributed by atoms with van der Waals surface area (Å²) in [7, 11) is 1.67. The van der Waals surface area contributed by atoms with Crippen LogP contribution in [-0.4, -0.2) is 48.6 Å². The summed E-state index contributed by atoms with van der Waals surface area (Å²) >= 11 is 5.98. The summed E-state index contributed by atoms with van der Waals surface area (Å²) in [6.45, 7) is 3.74. The molecule has 2 amide bonds. The van der Waals surface area contributed by atoms with Crippen LogP contribution in [0.1, 0.15) is 42.9 Å². The second-order valence-electron chi connectivity index (χ2n) is 8.25. The molecule has 2 aliphatic heterocycles. The minimum Gasteiger partial charge on any atom is -0.497 e. The predicted octanol–water partition coefficient (Wildman–Crippen LogP) is 4.86. The number of carbonyl (C=O) groups is 1. The molecule has 2 aliphatic rings. The van der Waals surface area contributed by atoms with Crippen molar-refractivity contribution in [1.82, 2.24) is 15.1 Å². The van der Waals surface area contributed by atoms with Crippen molar-refractivity contribution in [3.63, 3.8) is 0 Å². The number of nitrogens with one attached hydrogen (secondary N) is 1. The van der Waals surface area contributed by atoms with Crippen molar-refractivity contribution in [2.45, 2.75) is 44.3 Å². The Kier molecular flexibility index (Phi) is 6.80. The summed E-state index contributed by atoms with van der Waals surface area (Å²) in [5.41, 5.74) is 2.46. The largest absolute Gasteiger partial charge is 0.497 e. The molecule has 160 valence electrons.